The molecule has 2 rings (SSSR count). The normalized spacial score (nSPS) is 24.4. The summed E-state index contributed by atoms with van der Waals surface area (Å²) in [7, 11) is 3.78. The van der Waals surface area contributed by atoms with Gasteiger partial charge in [0.25, 0.3) is 0 Å². The number of methoxy groups -OCH3 is 1. The average Bonchev–Trinajstić information content (AvgIpc) is 2.48. The van der Waals surface area contributed by atoms with Gasteiger partial charge in [-0.25, -0.2) is 0 Å². The van der Waals surface area contributed by atoms with Crippen molar-refractivity contribution in [3.63, 3.8) is 0 Å². The fourth-order valence-electron chi connectivity index (χ4n) is 2.84. The predicted octanol–water partition coefficient (Wildman–Crippen LogP) is 3.61. The van der Waals surface area contributed by atoms with Crippen molar-refractivity contribution < 1.29 is 9.47 Å². The molecule has 3 heteroatoms. The molecule has 0 aromatic heterocycles. The maximum Gasteiger partial charge on any atom is 0.122 e. The van der Waals surface area contributed by atoms with E-state index >= 15 is 0 Å². The predicted molar refractivity (Wildman–Crippen MR) is 82.3 cm³/mol. The highest BCUT2D eigenvalue weighted by Gasteiger charge is 2.23. The van der Waals surface area contributed by atoms with Crippen LogP contribution in [0.5, 0.6) is 5.75 Å². The first-order valence-corrected chi connectivity index (χ1v) is 7.61. The molecule has 1 N–H and O–H groups in total. The first-order chi connectivity index (χ1) is 9.63. The van der Waals surface area contributed by atoms with Gasteiger partial charge in [-0.3, -0.25) is 0 Å². The topological polar surface area (TPSA) is 30.5 Å². The van der Waals surface area contributed by atoms with Crippen molar-refractivity contribution in [3.05, 3.63) is 29.3 Å². The molecule has 112 valence electrons. The summed E-state index contributed by atoms with van der Waals surface area (Å²) in [6.45, 7) is 4.29. The van der Waals surface area contributed by atoms with Gasteiger partial charge >= 0.3 is 0 Å². The van der Waals surface area contributed by atoms with Gasteiger partial charge in [-0.15, -0.1) is 0 Å². The van der Waals surface area contributed by atoms with Gasteiger partial charge in [0.15, 0.2) is 0 Å². The summed E-state index contributed by atoms with van der Waals surface area (Å²) in [5.41, 5.74) is 2.51. The molecule has 1 aliphatic rings. The maximum absolute atomic E-state index is 6.19. The zero-order chi connectivity index (χ0) is 14.5. The van der Waals surface area contributed by atoms with Crippen LogP contribution in [0.3, 0.4) is 0 Å². The zero-order valence-corrected chi connectivity index (χ0v) is 13.1. The standard InChI is InChI=1S/C17H27NO2/c1-12-10-14(13(2)18-3)8-9-17(12)20-16-7-5-6-15(11-16)19-4/h8-10,13,15-16,18H,5-7,11H2,1-4H3. The van der Waals surface area contributed by atoms with Gasteiger partial charge in [0.1, 0.15) is 11.9 Å². The van der Waals surface area contributed by atoms with Crippen molar-refractivity contribution in [1.82, 2.24) is 5.32 Å². The van der Waals surface area contributed by atoms with Crippen LogP contribution in [0.4, 0.5) is 0 Å². The Kier molecular flexibility index (Phi) is 5.44. The summed E-state index contributed by atoms with van der Waals surface area (Å²) >= 11 is 0. The van der Waals surface area contributed by atoms with Crippen molar-refractivity contribution in [3.8, 4) is 5.75 Å². The van der Waals surface area contributed by atoms with Crippen LogP contribution in [0.2, 0.25) is 0 Å². The Labute approximate surface area is 122 Å². The highest BCUT2D eigenvalue weighted by atomic mass is 16.5. The lowest BCUT2D eigenvalue weighted by molar-refractivity contribution is 0.0207. The summed E-state index contributed by atoms with van der Waals surface area (Å²) in [5, 5.41) is 3.27. The first kappa shape index (κ1) is 15.3. The molecule has 1 saturated carbocycles. The molecule has 0 spiro atoms. The van der Waals surface area contributed by atoms with Crippen LogP contribution in [0.1, 0.15) is 49.8 Å². The molecule has 1 fully saturated rings. The summed E-state index contributed by atoms with van der Waals surface area (Å²) in [5.74, 6) is 1.01. The summed E-state index contributed by atoms with van der Waals surface area (Å²) in [4.78, 5) is 0. The number of aryl methyl sites for hydroxylation is 1. The quantitative estimate of drug-likeness (QED) is 0.892. The van der Waals surface area contributed by atoms with Crippen molar-refractivity contribution >= 4 is 0 Å². The van der Waals surface area contributed by atoms with Crippen molar-refractivity contribution in [2.75, 3.05) is 14.2 Å². The number of hydrogen-bond acceptors (Lipinski definition) is 3. The smallest absolute Gasteiger partial charge is 0.122 e. The Hall–Kier alpha value is -1.06. The fraction of sp³-hybridized carbons (Fsp3) is 0.647. The van der Waals surface area contributed by atoms with Crippen LogP contribution in [0.15, 0.2) is 18.2 Å². The van der Waals surface area contributed by atoms with Gasteiger partial charge in [0.05, 0.1) is 6.10 Å². The van der Waals surface area contributed by atoms with Gasteiger partial charge in [0, 0.05) is 19.6 Å². The SMILES string of the molecule is CNC(C)c1ccc(OC2CCCC(OC)C2)c(C)c1. The molecule has 1 aromatic carbocycles. The lowest BCUT2D eigenvalue weighted by Gasteiger charge is -2.29. The monoisotopic (exact) mass is 277 g/mol. The average molecular weight is 277 g/mol. The molecule has 3 atom stereocenters. The van der Waals surface area contributed by atoms with Crippen LogP contribution < -0.4 is 10.1 Å². The van der Waals surface area contributed by atoms with Crippen LogP contribution in [0, 0.1) is 6.92 Å². The molecule has 3 nitrogen and oxygen atoms in total. The number of nitrogens with one attached hydrogen (secondary N) is 1. The number of rotatable bonds is 5. The van der Waals surface area contributed by atoms with E-state index in [4.69, 9.17) is 9.47 Å². The Bertz CT molecular complexity index is 433. The molecule has 0 aliphatic heterocycles. The summed E-state index contributed by atoms with van der Waals surface area (Å²) in [6.07, 6.45) is 5.14. The first-order valence-electron chi connectivity index (χ1n) is 7.61. The molecule has 0 bridgehead atoms. The molecule has 0 amide bonds. The van der Waals surface area contributed by atoms with E-state index in [1.807, 2.05) is 7.05 Å². The van der Waals surface area contributed by atoms with Gasteiger partial charge < -0.3 is 14.8 Å². The fourth-order valence-corrected chi connectivity index (χ4v) is 2.84. The second-order valence-electron chi connectivity index (χ2n) is 5.80. The molecular weight excluding hydrogens is 250 g/mol. The molecule has 3 unspecified atom stereocenters. The van der Waals surface area contributed by atoms with Crippen LogP contribution in [-0.4, -0.2) is 26.4 Å². The van der Waals surface area contributed by atoms with Crippen LogP contribution in [-0.2, 0) is 4.74 Å². The maximum atomic E-state index is 6.19. The Morgan fingerprint density at radius 3 is 2.65 bits per heavy atom. The largest absolute Gasteiger partial charge is 0.490 e. The minimum Gasteiger partial charge on any atom is -0.490 e. The lowest BCUT2D eigenvalue weighted by atomic mass is 9.94. The van der Waals surface area contributed by atoms with E-state index in [2.05, 4.69) is 37.4 Å². The van der Waals surface area contributed by atoms with Crippen molar-refractivity contribution in [2.45, 2.75) is 57.8 Å². The van der Waals surface area contributed by atoms with E-state index in [1.54, 1.807) is 7.11 Å². The second-order valence-corrected chi connectivity index (χ2v) is 5.80. The Balaban J connectivity index is 2.02. The van der Waals surface area contributed by atoms with Gasteiger partial charge in [-0.1, -0.05) is 12.1 Å². The number of hydrogen-bond donors (Lipinski definition) is 1. The van der Waals surface area contributed by atoms with Crippen molar-refractivity contribution in [2.24, 2.45) is 0 Å². The zero-order valence-electron chi connectivity index (χ0n) is 13.1. The van der Waals surface area contributed by atoms with Crippen molar-refractivity contribution in [1.29, 1.82) is 0 Å². The van der Waals surface area contributed by atoms with E-state index in [0.29, 0.717) is 18.2 Å². The molecule has 1 aliphatic carbocycles. The van der Waals surface area contributed by atoms with E-state index in [-0.39, 0.29) is 0 Å². The second kappa shape index (κ2) is 7.09. The van der Waals surface area contributed by atoms with E-state index in [9.17, 15) is 0 Å². The molecule has 0 heterocycles. The molecule has 0 saturated heterocycles. The van der Waals surface area contributed by atoms with Gasteiger partial charge in [0.2, 0.25) is 0 Å². The number of ether oxygens (including phenoxy) is 2. The molecule has 1 aromatic rings. The molecule has 20 heavy (non-hydrogen) atoms. The lowest BCUT2D eigenvalue weighted by Crippen LogP contribution is -2.29. The third-order valence-corrected chi connectivity index (χ3v) is 4.34. The van der Waals surface area contributed by atoms with Gasteiger partial charge in [-0.05, 0) is 57.4 Å². The van der Waals surface area contributed by atoms with E-state index in [0.717, 1.165) is 25.0 Å². The Morgan fingerprint density at radius 1 is 1.25 bits per heavy atom. The third-order valence-electron chi connectivity index (χ3n) is 4.34. The van der Waals surface area contributed by atoms with E-state index < -0.39 is 0 Å². The highest BCUT2D eigenvalue weighted by Crippen LogP contribution is 2.28. The summed E-state index contributed by atoms with van der Waals surface area (Å²) < 4.78 is 11.7. The van der Waals surface area contributed by atoms with Gasteiger partial charge in [-0.2, -0.15) is 0 Å². The van der Waals surface area contributed by atoms with Crippen LogP contribution >= 0.6 is 0 Å². The highest BCUT2D eigenvalue weighted by molar-refractivity contribution is 5.37. The third kappa shape index (κ3) is 3.74. The molecular formula is C17H27NO2. The number of benzene rings is 1. The minimum absolute atomic E-state index is 0.292. The Morgan fingerprint density at radius 2 is 2.00 bits per heavy atom. The molecule has 0 radical (unpaired) electrons. The van der Waals surface area contributed by atoms with E-state index in [1.165, 1.54) is 17.5 Å². The minimum atomic E-state index is 0.292. The summed E-state index contributed by atoms with van der Waals surface area (Å²) in [6, 6.07) is 6.85. The van der Waals surface area contributed by atoms with Crippen LogP contribution in [0.25, 0.3) is 0 Å².